The Labute approximate surface area is 177 Å². The molecule has 1 fully saturated rings. The normalized spacial score (nSPS) is 14.3. The number of hydrogen-bond donors (Lipinski definition) is 0. The minimum absolute atomic E-state index is 0.114. The van der Waals surface area contributed by atoms with Crippen molar-refractivity contribution in [2.75, 3.05) is 31.1 Å². The number of halogens is 1. The van der Waals surface area contributed by atoms with E-state index >= 15 is 0 Å². The number of pyridine rings is 1. The molecule has 0 unspecified atom stereocenters. The van der Waals surface area contributed by atoms with Gasteiger partial charge in [0.15, 0.2) is 0 Å². The molecule has 1 aliphatic rings. The molecule has 0 radical (unpaired) electrons. The Hall–Kier alpha value is -2.74. The summed E-state index contributed by atoms with van der Waals surface area (Å²) < 4.78 is 6.68. The Morgan fingerprint density at radius 1 is 1.07 bits per heavy atom. The van der Waals surface area contributed by atoms with Gasteiger partial charge < -0.3 is 14.2 Å². The third kappa shape index (κ3) is 4.82. The molecule has 0 saturated carbocycles. The Morgan fingerprint density at radius 2 is 1.83 bits per heavy atom. The average Bonchev–Trinajstić information content (AvgIpc) is 3.22. The third-order valence-electron chi connectivity index (χ3n) is 4.99. The van der Waals surface area contributed by atoms with Gasteiger partial charge in [-0.2, -0.15) is 0 Å². The summed E-state index contributed by atoms with van der Waals surface area (Å²) in [6.45, 7) is 4.96. The summed E-state index contributed by atoms with van der Waals surface area (Å²) >= 11 is 3.40. The van der Waals surface area contributed by atoms with Crippen LogP contribution in [0.3, 0.4) is 0 Å². The fourth-order valence-corrected chi connectivity index (χ4v) is 3.51. The molecule has 1 saturated heterocycles. The zero-order valence-corrected chi connectivity index (χ0v) is 17.8. The summed E-state index contributed by atoms with van der Waals surface area (Å²) in [5.41, 5.74) is 2.06. The molecule has 29 heavy (non-hydrogen) atoms. The van der Waals surface area contributed by atoms with Crippen molar-refractivity contribution in [2.45, 2.75) is 19.8 Å². The van der Waals surface area contributed by atoms with Gasteiger partial charge in [-0.05, 0) is 47.1 Å². The molecular weight excluding hydrogens is 434 g/mol. The van der Waals surface area contributed by atoms with E-state index in [1.807, 2.05) is 48.2 Å². The van der Waals surface area contributed by atoms with Gasteiger partial charge in [-0.1, -0.05) is 17.7 Å². The molecule has 1 aromatic carbocycles. The number of rotatable bonds is 5. The fourth-order valence-electron chi connectivity index (χ4n) is 3.28. The van der Waals surface area contributed by atoms with E-state index in [1.165, 1.54) is 5.56 Å². The quantitative estimate of drug-likeness (QED) is 0.585. The molecule has 0 N–H and O–H groups in total. The predicted octanol–water partition coefficient (Wildman–Crippen LogP) is 3.48. The highest BCUT2D eigenvalue weighted by atomic mass is 79.9. The van der Waals surface area contributed by atoms with E-state index in [-0.39, 0.29) is 5.91 Å². The topological polar surface area (TPSA) is 75.4 Å². The van der Waals surface area contributed by atoms with Crippen molar-refractivity contribution in [3.05, 3.63) is 58.5 Å². The van der Waals surface area contributed by atoms with Crippen molar-refractivity contribution in [1.29, 1.82) is 0 Å². The molecule has 8 heteroatoms. The molecule has 150 valence electrons. The standard InChI is InChI=1S/C21H22BrN5O2/c1-15-2-4-16(5-3-15)21-25-24-19(29-21)8-9-20(28)27-12-10-26(11-13-27)18-7-6-17(22)14-23-18/h2-7,14H,8-13H2,1H3. The summed E-state index contributed by atoms with van der Waals surface area (Å²) in [5, 5.41) is 8.18. The van der Waals surface area contributed by atoms with Crippen molar-refractivity contribution in [3.8, 4) is 11.5 Å². The Balaban J connectivity index is 1.27. The first kappa shape index (κ1) is 19.6. The van der Waals surface area contributed by atoms with Gasteiger partial charge >= 0.3 is 0 Å². The van der Waals surface area contributed by atoms with Gasteiger partial charge in [0.05, 0.1) is 0 Å². The van der Waals surface area contributed by atoms with Crippen LogP contribution in [0.25, 0.3) is 11.5 Å². The molecular formula is C21H22BrN5O2. The van der Waals surface area contributed by atoms with Gasteiger partial charge in [0.1, 0.15) is 5.82 Å². The monoisotopic (exact) mass is 455 g/mol. The Morgan fingerprint density at radius 3 is 2.52 bits per heavy atom. The van der Waals surface area contributed by atoms with Crippen LogP contribution in [0.2, 0.25) is 0 Å². The summed E-state index contributed by atoms with van der Waals surface area (Å²) in [6.07, 6.45) is 2.61. The number of benzene rings is 1. The zero-order chi connectivity index (χ0) is 20.2. The number of piperazine rings is 1. The molecule has 1 amide bonds. The lowest BCUT2D eigenvalue weighted by Crippen LogP contribution is -2.49. The molecule has 0 atom stereocenters. The lowest BCUT2D eigenvalue weighted by Gasteiger charge is -2.35. The second-order valence-electron chi connectivity index (χ2n) is 7.07. The maximum Gasteiger partial charge on any atom is 0.247 e. The molecule has 4 rings (SSSR count). The number of carbonyl (C=O) groups excluding carboxylic acids is 1. The lowest BCUT2D eigenvalue weighted by atomic mass is 10.1. The van der Waals surface area contributed by atoms with Crippen LogP contribution in [0.5, 0.6) is 0 Å². The number of anilines is 1. The summed E-state index contributed by atoms with van der Waals surface area (Å²) in [6, 6.07) is 11.9. The number of hydrogen-bond acceptors (Lipinski definition) is 6. The minimum Gasteiger partial charge on any atom is -0.421 e. The van der Waals surface area contributed by atoms with E-state index in [4.69, 9.17) is 4.42 Å². The summed E-state index contributed by atoms with van der Waals surface area (Å²) in [4.78, 5) is 21.1. The molecule has 3 heterocycles. The fraction of sp³-hybridized carbons (Fsp3) is 0.333. The maximum absolute atomic E-state index is 12.6. The molecule has 3 aromatic rings. The summed E-state index contributed by atoms with van der Waals surface area (Å²) in [5.74, 6) is 2.04. The van der Waals surface area contributed by atoms with Crippen molar-refractivity contribution in [2.24, 2.45) is 0 Å². The Bertz CT molecular complexity index is 963. The first-order chi connectivity index (χ1) is 14.1. The van der Waals surface area contributed by atoms with Crippen LogP contribution in [0, 0.1) is 6.92 Å². The molecule has 0 spiro atoms. The highest BCUT2D eigenvalue weighted by molar-refractivity contribution is 9.10. The van der Waals surface area contributed by atoms with Crippen LogP contribution in [0.4, 0.5) is 5.82 Å². The first-order valence-corrected chi connectivity index (χ1v) is 10.4. The van der Waals surface area contributed by atoms with Crippen LogP contribution < -0.4 is 4.90 Å². The van der Waals surface area contributed by atoms with Crippen molar-refractivity contribution >= 4 is 27.7 Å². The van der Waals surface area contributed by atoms with Crippen LogP contribution >= 0.6 is 15.9 Å². The van der Waals surface area contributed by atoms with E-state index in [0.29, 0.717) is 37.7 Å². The van der Waals surface area contributed by atoms with Gasteiger partial charge in [-0.15, -0.1) is 10.2 Å². The predicted molar refractivity (Wildman–Crippen MR) is 114 cm³/mol. The number of amides is 1. The van der Waals surface area contributed by atoms with Gasteiger partial charge in [0.2, 0.25) is 17.7 Å². The minimum atomic E-state index is 0.114. The van der Waals surface area contributed by atoms with Gasteiger partial charge in [0, 0.05) is 55.3 Å². The second-order valence-corrected chi connectivity index (χ2v) is 7.99. The SMILES string of the molecule is Cc1ccc(-c2nnc(CCC(=O)N3CCN(c4ccc(Br)cn4)CC3)o2)cc1. The van der Waals surface area contributed by atoms with Crippen molar-refractivity contribution in [1.82, 2.24) is 20.1 Å². The van der Waals surface area contributed by atoms with Crippen LogP contribution in [-0.2, 0) is 11.2 Å². The zero-order valence-electron chi connectivity index (χ0n) is 16.2. The van der Waals surface area contributed by atoms with E-state index in [2.05, 4.69) is 36.0 Å². The third-order valence-corrected chi connectivity index (χ3v) is 5.46. The van der Waals surface area contributed by atoms with E-state index < -0.39 is 0 Å². The van der Waals surface area contributed by atoms with E-state index in [9.17, 15) is 4.79 Å². The highest BCUT2D eigenvalue weighted by Crippen LogP contribution is 2.20. The molecule has 0 bridgehead atoms. The van der Waals surface area contributed by atoms with Gasteiger partial charge in [-0.3, -0.25) is 4.79 Å². The first-order valence-electron chi connectivity index (χ1n) is 9.62. The molecule has 0 aliphatic carbocycles. The largest absolute Gasteiger partial charge is 0.421 e. The maximum atomic E-state index is 12.6. The van der Waals surface area contributed by atoms with Gasteiger partial charge in [0.25, 0.3) is 0 Å². The van der Waals surface area contributed by atoms with Crippen molar-refractivity contribution in [3.63, 3.8) is 0 Å². The van der Waals surface area contributed by atoms with Crippen molar-refractivity contribution < 1.29 is 9.21 Å². The van der Waals surface area contributed by atoms with Crippen LogP contribution in [0.1, 0.15) is 17.9 Å². The number of carbonyl (C=O) groups is 1. The molecule has 7 nitrogen and oxygen atoms in total. The number of aromatic nitrogens is 3. The molecule has 2 aromatic heterocycles. The Kier molecular flexibility index (Phi) is 5.89. The number of nitrogens with zero attached hydrogens (tertiary/aromatic N) is 5. The van der Waals surface area contributed by atoms with E-state index in [0.717, 1.165) is 28.9 Å². The highest BCUT2D eigenvalue weighted by Gasteiger charge is 2.22. The molecule has 1 aliphatic heterocycles. The van der Waals surface area contributed by atoms with Gasteiger partial charge in [-0.25, -0.2) is 4.98 Å². The smallest absolute Gasteiger partial charge is 0.247 e. The average molecular weight is 456 g/mol. The number of aryl methyl sites for hydroxylation is 2. The second kappa shape index (κ2) is 8.73. The lowest BCUT2D eigenvalue weighted by molar-refractivity contribution is -0.131. The van der Waals surface area contributed by atoms with Crippen LogP contribution in [0.15, 0.2) is 51.5 Å². The van der Waals surface area contributed by atoms with E-state index in [1.54, 1.807) is 6.20 Å². The summed E-state index contributed by atoms with van der Waals surface area (Å²) in [7, 11) is 0. The van der Waals surface area contributed by atoms with Crippen LogP contribution in [-0.4, -0.2) is 52.2 Å².